The second-order valence-corrected chi connectivity index (χ2v) is 9.91. The van der Waals surface area contributed by atoms with Crippen LogP contribution < -0.4 is 16.0 Å². The molecular weight excluding hydrogens is 527 g/mol. The van der Waals surface area contributed by atoms with Gasteiger partial charge in [0.15, 0.2) is 17.0 Å². The maximum Gasteiger partial charge on any atom is 0.284 e. The fourth-order valence-corrected chi connectivity index (χ4v) is 5.27. The van der Waals surface area contributed by atoms with Gasteiger partial charge in [-0.05, 0) is 47.9 Å². The van der Waals surface area contributed by atoms with Gasteiger partial charge in [0.25, 0.3) is 11.5 Å². The standard InChI is InChI=1S/C30H27FN6O4/c1-41-21-9-7-19(8-10-21)37-28-26(27(34-37)29(32)39)33-17-36(30(28)40)24-12-11-22(18-5-3-2-4-6-18)23(25(24)31)16-35-14-13-20(38)15-35/h2-12,17,20,38H,13-16H2,1H3,(H2,32,39)/t20-/m1/s1. The van der Waals surface area contributed by atoms with Gasteiger partial charge in [0.1, 0.15) is 17.6 Å². The van der Waals surface area contributed by atoms with Crippen molar-refractivity contribution in [1.82, 2.24) is 24.2 Å². The average molecular weight is 555 g/mol. The summed E-state index contributed by atoms with van der Waals surface area (Å²) < 4.78 is 24.1. The number of hydrogen-bond acceptors (Lipinski definition) is 7. The third-order valence-electron chi connectivity index (χ3n) is 7.33. The monoisotopic (exact) mass is 554 g/mol. The number of methoxy groups -OCH3 is 1. The van der Waals surface area contributed by atoms with E-state index in [0.717, 1.165) is 10.1 Å². The summed E-state index contributed by atoms with van der Waals surface area (Å²) in [4.78, 5) is 32.5. The van der Waals surface area contributed by atoms with Crippen molar-refractivity contribution in [3.8, 4) is 28.3 Å². The number of aromatic nitrogens is 4. The first-order valence-electron chi connectivity index (χ1n) is 13.1. The molecule has 3 N–H and O–H groups in total. The first kappa shape index (κ1) is 26.4. The van der Waals surface area contributed by atoms with E-state index in [4.69, 9.17) is 10.5 Å². The summed E-state index contributed by atoms with van der Waals surface area (Å²) in [6, 6.07) is 19.5. The third-order valence-corrected chi connectivity index (χ3v) is 7.33. The number of hydrogen-bond donors (Lipinski definition) is 2. The number of fused-ring (bicyclic) bond motifs is 1. The number of ether oxygens (including phenoxy) is 1. The maximum absolute atomic E-state index is 16.5. The molecule has 5 aromatic rings. The number of aliphatic hydroxyl groups excluding tert-OH is 1. The molecule has 2 aromatic heterocycles. The second kappa shape index (κ2) is 10.6. The largest absolute Gasteiger partial charge is 0.497 e. The lowest BCUT2D eigenvalue weighted by Gasteiger charge is -2.20. The Morgan fingerprint density at radius 1 is 1.12 bits per heavy atom. The molecule has 1 atom stereocenters. The van der Waals surface area contributed by atoms with E-state index in [1.807, 2.05) is 35.2 Å². The van der Waals surface area contributed by atoms with Crippen molar-refractivity contribution in [2.24, 2.45) is 5.73 Å². The van der Waals surface area contributed by atoms with Crippen LogP contribution >= 0.6 is 0 Å². The molecule has 0 unspecified atom stereocenters. The fourth-order valence-electron chi connectivity index (χ4n) is 5.27. The molecule has 1 amide bonds. The van der Waals surface area contributed by atoms with Crippen LogP contribution in [0.3, 0.4) is 0 Å². The van der Waals surface area contributed by atoms with Crippen LogP contribution in [0, 0.1) is 5.82 Å². The van der Waals surface area contributed by atoms with Crippen LogP contribution in [0.4, 0.5) is 4.39 Å². The number of benzene rings is 3. The highest BCUT2D eigenvalue weighted by molar-refractivity contribution is 6.02. The van der Waals surface area contributed by atoms with Crippen LogP contribution in [0.25, 0.3) is 33.5 Å². The Kier molecular flexibility index (Phi) is 6.82. The summed E-state index contributed by atoms with van der Waals surface area (Å²) >= 11 is 0. The number of halogens is 1. The number of primary amides is 1. The number of rotatable bonds is 7. The van der Waals surface area contributed by atoms with E-state index in [9.17, 15) is 14.7 Å². The zero-order valence-corrected chi connectivity index (χ0v) is 22.2. The lowest BCUT2D eigenvalue weighted by atomic mass is 9.97. The molecule has 41 heavy (non-hydrogen) atoms. The van der Waals surface area contributed by atoms with Crippen molar-refractivity contribution in [3.05, 3.63) is 100 Å². The van der Waals surface area contributed by atoms with E-state index in [-0.39, 0.29) is 29.0 Å². The molecule has 0 spiro atoms. The van der Waals surface area contributed by atoms with Crippen molar-refractivity contribution in [3.63, 3.8) is 0 Å². The quantitative estimate of drug-likeness (QED) is 0.316. The predicted octanol–water partition coefficient (Wildman–Crippen LogP) is 3.05. The zero-order chi connectivity index (χ0) is 28.7. The lowest BCUT2D eigenvalue weighted by Crippen LogP contribution is -2.25. The van der Waals surface area contributed by atoms with Gasteiger partial charge >= 0.3 is 0 Å². The van der Waals surface area contributed by atoms with Crippen molar-refractivity contribution in [1.29, 1.82) is 0 Å². The van der Waals surface area contributed by atoms with Crippen molar-refractivity contribution < 1.29 is 19.0 Å². The summed E-state index contributed by atoms with van der Waals surface area (Å²) in [6.45, 7) is 1.31. The lowest BCUT2D eigenvalue weighted by molar-refractivity contribution is 0.0996. The number of likely N-dealkylation sites (tertiary alicyclic amines) is 1. The maximum atomic E-state index is 16.5. The number of carbonyl (C=O) groups excluding carboxylic acids is 1. The molecule has 0 aliphatic carbocycles. The van der Waals surface area contributed by atoms with Crippen molar-refractivity contribution in [2.45, 2.75) is 19.1 Å². The normalized spacial score (nSPS) is 15.4. The van der Waals surface area contributed by atoms with E-state index >= 15 is 4.39 Å². The molecule has 0 bridgehead atoms. The van der Waals surface area contributed by atoms with Gasteiger partial charge in [-0.1, -0.05) is 36.4 Å². The molecule has 3 heterocycles. The molecule has 3 aromatic carbocycles. The van der Waals surface area contributed by atoms with Gasteiger partial charge in [-0.15, -0.1) is 0 Å². The third kappa shape index (κ3) is 4.75. The SMILES string of the molecule is COc1ccc(-n2nc(C(N)=O)c3ncn(-c4ccc(-c5ccccc5)c(CN5CC[C@@H](O)C5)c4F)c(=O)c32)cc1. The Hall–Kier alpha value is -4.87. The molecule has 10 nitrogen and oxygen atoms in total. The number of β-amino-alcohol motifs (C(OH)–C–C–N with tert-alkyl or cyclic N) is 1. The summed E-state index contributed by atoms with van der Waals surface area (Å²) in [6.07, 6.45) is 1.33. The summed E-state index contributed by atoms with van der Waals surface area (Å²) in [5.74, 6) is -0.837. The van der Waals surface area contributed by atoms with E-state index < -0.39 is 23.4 Å². The summed E-state index contributed by atoms with van der Waals surface area (Å²) in [5.41, 5.74) is 7.13. The molecule has 1 aliphatic rings. The Labute approximate surface area is 234 Å². The Morgan fingerprint density at radius 2 is 1.88 bits per heavy atom. The van der Waals surface area contributed by atoms with Crippen molar-refractivity contribution in [2.75, 3.05) is 20.2 Å². The molecule has 208 valence electrons. The van der Waals surface area contributed by atoms with Gasteiger partial charge in [-0.3, -0.25) is 19.1 Å². The molecule has 11 heteroatoms. The van der Waals surface area contributed by atoms with Gasteiger partial charge in [0.2, 0.25) is 0 Å². The minimum Gasteiger partial charge on any atom is -0.497 e. The molecular formula is C30H27FN6O4. The molecule has 1 fully saturated rings. The van der Waals surface area contributed by atoms with Crippen LogP contribution in [0.1, 0.15) is 22.5 Å². The van der Waals surface area contributed by atoms with Crippen LogP contribution in [-0.4, -0.2) is 61.5 Å². The highest BCUT2D eigenvalue weighted by atomic mass is 19.1. The number of aliphatic hydroxyl groups is 1. The van der Waals surface area contributed by atoms with Gasteiger partial charge in [-0.2, -0.15) is 5.10 Å². The van der Waals surface area contributed by atoms with Crippen LogP contribution in [-0.2, 0) is 6.54 Å². The minimum absolute atomic E-state index is 0.00179. The highest BCUT2D eigenvalue weighted by Gasteiger charge is 2.26. The van der Waals surface area contributed by atoms with Gasteiger partial charge in [0.05, 0.1) is 24.6 Å². The average Bonchev–Trinajstić information content (AvgIpc) is 3.59. The Morgan fingerprint density at radius 3 is 2.54 bits per heavy atom. The van der Waals surface area contributed by atoms with E-state index in [1.165, 1.54) is 24.2 Å². The zero-order valence-electron chi connectivity index (χ0n) is 22.2. The highest BCUT2D eigenvalue weighted by Crippen LogP contribution is 2.31. The Balaban J connectivity index is 1.54. The van der Waals surface area contributed by atoms with Gasteiger partial charge < -0.3 is 15.6 Å². The van der Waals surface area contributed by atoms with Crippen LogP contribution in [0.15, 0.2) is 77.9 Å². The topological polar surface area (TPSA) is 128 Å². The molecule has 1 aliphatic heterocycles. The fraction of sp³-hybridized carbons (Fsp3) is 0.200. The second-order valence-electron chi connectivity index (χ2n) is 9.91. The minimum atomic E-state index is -0.847. The first-order valence-corrected chi connectivity index (χ1v) is 13.1. The Bertz CT molecular complexity index is 1820. The van der Waals surface area contributed by atoms with Crippen LogP contribution in [0.5, 0.6) is 5.75 Å². The first-order chi connectivity index (χ1) is 19.9. The predicted molar refractivity (Wildman–Crippen MR) is 151 cm³/mol. The van der Waals surface area contributed by atoms with E-state index in [0.29, 0.717) is 42.1 Å². The van der Waals surface area contributed by atoms with E-state index in [1.54, 1.807) is 30.3 Å². The van der Waals surface area contributed by atoms with Crippen LogP contribution in [0.2, 0.25) is 0 Å². The van der Waals surface area contributed by atoms with Crippen molar-refractivity contribution >= 4 is 16.9 Å². The number of nitrogens with two attached hydrogens (primary N) is 1. The molecule has 0 saturated carbocycles. The van der Waals surface area contributed by atoms with Gasteiger partial charge in [-0.25, -0.2) is 14.1 Å². The number of carbonyl (C=O) groups is 1. The van der Waals surface area contributed by atoms with E-state index in [2.05, 4.69) is 10.1 Å². The summed E-state index contributed by atoms with van der Waals surface area (Å²) in [5, 5.41) is 14.3. The number of nitrogens with zero attached hydrogens (tertiary/aromatic N) is 5. The molecule has 6 rings (SSSR count). The molecule has 0 radical (unpaired) electrons. The van der Waals surface area contributed by atoms with Gasteiger partial charge in [0, 0.05) is 25.2 Å². The smallest absolute Gasteiger partial charge is 0.284 e. The number of amides is 1. The molecule has 1 saturated heterocycles. The summed E-state index contributed by atoms with van der Waals surface area (Å²) in [7, 11) is 1.53.